The van der Waals surface area contributed by atoms with Gasteiger partial charge in [-0.05, 0) is 17.2 Å². The number of amides is 2. The largest absolute Gasteiger partial charge is 0.379 e. The molecule has 3 rings (SSSR count). The second-order valence-corrected chi connectivity index (χ2v) is 6.64. The van der Waals surface area contributed by atoms with E-state index in [9.17, 15) is 4.79 Å². The average Bonchev–Trinajstić information content (AvgIpc) is 2.69. The SMILES string of the molecule is O=C(NCc1ccccc1Cl)NCC(c1ccccc1)N1CCOCC1. The fourth-order valence-corrected chi connectivity index (χ4v) is 3.29. The normalized spacial score (nSPS) is 16.0. The Hall–Kier alpha value is -2.08. The van der Waals surface area contributed by atoms with Crippen molar-refractivity contribution >= 4 is 17.6 Å². The van der Waals surface area contributed by atoms with Crippen molar-refractivity contribution in [2.75, 3.05) is 32.8 Å². The van der Waals surface area contributed by atoms with E-state index in [1.807, 2.05) is 42.5 Å². The maximum atomic E-state index is 12.2. The van der Waals surface area contributed by atoms with Crippen molar-refractivity contribution in [3.8, 4) is 0 Å². The third-order valence-electron chi connectivity index (χ3n) is 4.52. The Bertz CT molecular complexity index is 705. The number of rotatable bonds is 6. The summed E-state index contributed by atoms with van der Waals surface area (Å²) in [6, 6.07) is 17.7. The number of ether oxygens (including phenoxy) is 1. The zero-order chi connectivity index (χ0) is 18.2. The summed E-state index contributed by atoms with van der Waals surface area (Å²) in [7, 11) is 0. The lowest BCUT2D eigenvalue weighted by Crippen LogP contribution is -2.45. The fraction of sp³-hybridized carbons (Fsp3) is 0.350. The molecule has 1 atom stereocenters. The second kappa shape index (κ2) is 9.57. The van der Waals surface area contributed by atoms with Gasteiger partial charge in [0, 0.05) is 31.2 Å². The maximum absolute atomic E-state index is 12.2. The van der Waals surface area contributed by atoms with Crippen LogP contribution in [0, 0.1) is 0 Å². The van der Waals surface area contributed by atoms with Crippen LogP contribution in [-0.4, -0.2) is 43.8 Å². The Morgan fingerprint density at radius 1 is 1.04 bits per heavy atom. The monoisotopic (exact) mass is 373 g/mol. The number of hydrogen-bond acceptors (Lipinski definition) is 3. The van der Waals surface area contributed by atoms with Gasteiger partial charge in [0.1, 0.15) is 0 Å². The van der Waals surface area contributed by atoms with Crippen molar-refractivity contribution in [3.05, 3.63) is 70.7 Å². The van der Waals surface area contributed by atoms with Crippen LogP contribution in [0.3, 0.4) is 0 Å². The second-order valence-electron chi connectivity index (χ2n) is 6.23. The zero-order valence-corrected chi connectivity index (χ0v) is 15.4. The lowest BCUT2D eigenvalue weighted by Gasteiger charge is -2.34. The van der Waals surface area contributed by atoms with E-state index in [2.05, 4.69) is 27.7 Å². The molecule has 1 aliphatic rings. The van der Waals surface area contributed by atoms with Gasteiger partial charge in [0.25, 0.3) is 0 Å². The smallest absolute Gasteiger partial charge is 0.315 e. The minimum Gasteiger partial charge on any atom is -0.379 e. The zero-order valence-electron chi connectivity index (χ0n) is 14.7. The number of halogens is 1. The molecule has 1 heterocycles. The van der Waals surface area contributed by atoms with Gasteiger partial charge in [-0.1, -0.05) is 60.1 Å². The quantitative estimate of drug-likeness (QED) is 0.817. The lowest BCUT2D eigenvalue weighted by molar-refractivity contribution is 0.0167. The molecule has 26 heavy (non-hydrogen) atoms. The molecule has 0 aromatic heterocycles. The third kappa shape index (κ3) is 5.21. The molecule has 2 amide bonds. The van der Waals surface area contributed by atoms with Crippen LogP contribution in [-0.2, 0) is 11.3 Å². The predicted molar refractivity (Wildman–Crippen MR) is 103 cm³/mol. The molecule has 0 saturated carbocycles. The van der Waals surface area contributed by atoms with E-state index < -0.39 is 0 Å². The first kappa shape index (κ1) is 18.7. The first-order valence-corrected chi connectivity index (χ1v) is 9.23. The molecular formula is C20H24ClN3O2. The molecular weight excluding hydrogens is 350 g/mol. The molecule has 0 aliphatic carbocycles. The number of carbonyl (C=O) groups is 1. The van der Waals surface area contributed by atoms with Gasteiger partial charge < -0.3 is 15.4 Å². The van der Waals surface area contributed by atoms with E-state index in [0.29, 0.717) is 18.1 Å². The van der Waals surface area contributed by atoms with Crippen LogP contribution in [0.1, 0.15) is 17.2 Å². The van der Waals surface area contributed by atoms with Gasteiger partial charge >= 0.3 is 6.03 Å². The number of hydrogen-bond donors (Lipinski definition) is 2. The molecule has 5 nitrogen and oxygen atoms in total. The molecule has 1 fully saturated rings. The van der Waals surface area contributed by atoms with Gasteiger partial charge in [-0.25, -0.2) is 4.79 Å². The first-order valence-electron chi connectivity index (χ1n) is 8.86. The highest BCUT2D eigenvalue weighted by Gasteiger charge is 2.23. The Morgan fingerprint density at radius 2 is 1.73 bits per heavy atom. The molecule has 1 aliphatic heterocycles. The highest BCUT2D eigenvalue weighted by Crippen LogP contribution is 2.21. The van der Waals surface area contributed by atoms with Crippen LogP contribution in [0.2, 0.25) is 5.02 Å². The Kier molecular flexibility index (Phi) is 6.89. The third-order valence-corrected chi connectivity index (χ3v) is 4.89. The number of benzene rings is 2. The Morgan fingerprint density at radius 3 is 2.46 bits per heavy atom. The number of carbonyl (C=O) groups excluding carboxylic acids is 1. The molecule has 2 N–H and O–H groups in total. The lowest BCUT2D eigenvalue weighted by atomic mass is 10.0. The average molecular weight is 374 g/mol. The summed E-state index contributed by atoms with van der Waals surface area (Å²) < 4.78 is 5.46. The van der Waals surface area contributed by atoms with E-state index in [1.54, 1.807) is 0 Å². The molecule has 2 aromatic carbocycles. The predicted octanol–water partition coefficient (Wildman–Crippen LogP) is 3.21. The molecule has 1 saturated heterocycles. The van der Waals surface area contributed by atoms with E-state index in [0.717, 1.165) is 31.9 Å². The molecule has 2 aromatic rings. The number of nitrogens with one attached hydrogen (secondary N) is 2. The van der Waals surface area contributed by atoms with Crippen molar-refractivity contribution in [1.29, 1.82) is 0 Å². The maximum Gasteiger partial charge on any atom is 0.315 e. The van der Waals surface area contributed by atoms with Gasteiger partial charge in [0.15, 0.2) is 0 Å². The minimum atomic E-state index is -0.195. The topological polar surface area (TPSA) is 53.6 Å². The minimum absolute atomic E-state index is 0.131. The first-order chi connectivity index (χ1) is 12.7. The van der Waals surface area contributed by atoms with Crippen molar-refractivity contribution < 1.29 is 9.53 Å². The van der Waals surface area contributed by atoms with Crippen molar-refractivity contribution in [2.24, 2.45) is 0 Å². The van der Waals surface area contributed by atoms with E-state index in [1.165, 1.54) is 5.56 Å². The van der Waals surface area contributed by atoms with Crippen molar-refractivity contribution in [2.45, 2.75) is 12.6 Å². The number of morpholine rings is 1. The summed E-state index contributed by atoms with van der Waals surface area (Å²) in [4.78, 5) is 14.6. The van der Waals surface area contributed by atoms with Crippen molar-refractivity contribution in [1.82, 2.24) is 15.5 Å². The van der Waals surface area contributed by atoms with Crippen LogP contribution in [0.4, 0.5) is 4.79 Å². The Balaban J connectivity index is 1.56. The van der Waals surface area contributed by atoms with Gasteiger partial charge in [-0.3, -0.25) is 4.90 Å². The van der Waals surface area contributed by atoms with Gasteiger partial charge in [-0.15, -0.1) is 0 Å². The summed E-state index contributed by atoms with van der Waals surface area (Å²) in [5.41, 5.74) is 2.10. The van der Waals surface area contributed by atoms with Crippen LogP contribution < -0.4 is 10.6 Å². The number of urea groups is 1. The van der Waals surface area contributed by atoms with Gasteiger partial charge in [0.05, 0.1) is 19.3 Å². The van der Waals surface area contributed by atoms with E-state index in [-0.39, 0.29) is 12.1 Å². The summed E-state index contributed by atoms with van der Waals surface area (Å²) >= 11 is 6.13. The van der Waals surface area contributed by atoms with Gasteiger partial charge in [0.2, 0.25) is 0 Å². The summed E-state index contributed by atoms with van der Waals surface area (Å²) in [6.45, 7) is 4.12. The van der Waals surface area contributed by atoms with Crippen molar-refractivity contribution in [3.63, 3.8) is 0 Å². The summed E-state index contributed by atoms with van der Waals surface area (Å²) in [5.74, 6) is 0. The fourth-order valence-electron chi connectivity index (χ4n) is 3.09. The van der Waals surface area contributed by atoms with Crippen LogP contribution in [0.15, 0.2) is 54.6 Å². The summed E-state index contributed by atoms with van der Waals surface area (Å²) in [6.07, 6.45) is 0. The molecule has 0 spiro atoms. The van der Waals surface area contributed by atoms with Gasteiger partial charge in [-0.2, -0.15) is 0 Å². The molecule has 0 bridgehead atoms. The molecule has 1 unspecified atom stereocenters. The molecule has 138 valence electrons. The summed E-state index contributed by atoms with van der Waals surface area (Å²) in [5, 5.41) is 6.52. The highest BCUT2D eigenvalue weighted by molar-refractivity contribution is 6.31. The van der Waals surface area contributed by atoms with E-state index >= 15 is 0 Å². The van der Waals surface area contributed by atoms with Crippen LogP contribution in [0.25, 0.3) is 0 Å². The molecule has 6 heteroatoms. The van der Waals surface area contributed by atoms with Crippen LogP contribution in [0.5, 0.6) is 0 Å². The Labute approximate surface area is 159 Å². The standard InChI is InChI=1S/C20H24ClN3O2/c21-18-9-5-4-8-17(18)14-22-20(25)23-15-19(16-6-2-1-3-7-16)24-10-12-26-13-11-24/h1-9,19H,10-15H2,(H2,22,23,25). The number of nitrogens with zero attached hydrogens (tertiary/aromatic N) is 1. The molecule has 0 radical (unpaired) electrons. The highest BCUT2D eigenvalue weighted by atomic mass is 35.5. The van der Waals surface area contributed by atoms with E-state index in [4.69, 9.17) is 16.3 Å². The van der Waals surface area contributed by atoms with Crippen LogP contribution >= 0.6 is 11.6 Å².